The van der Waals surface area contributed by atoms with Crippen molar-refractivity contribution in [2.75, 3.05) is 0 Å². The maximum absolute atomic E-state index is 11.5. The second-order valence-corrected chi connectivity index (χ2v) is 3.98. The van der Waals surface area contributed by atoms with Gasteiger partial charge < -0.3 is 4.42 Å². The number of aromatic nitrogens is 1. The summed E-state index contributed by atoms with van der Waals surface area (Å²) in [5, 5.41) is 0. The number of unbranched alkanes of at least 4 members (excludes halogenated alkanes) is 1. The number of oxazole rings is 1. The van der Waals surface area contributed by atoms with Crippen molar-refractivity contribution >= 4 is 0 Å². The van der Waals surface area contributed by atoms with E-state index < -0.39 is 0 Å². The molecule has 1 heterocycles. The Morgan fingerprint density at radius 1 is 1.43 bits per heavy atom. The average Bonchev–Trinajstić information content (AvgIpc) is 2.40. The summed E-state index contributed by atoms with van der Waals surface area (Å²) in [4.78, 5) is 11.5. The molecule has 0 saturated carbocycles. The molecule has 0 saturated heterocycles. The molecular weight excluding hydrogens is 178 g/mol. The SMILES string of the molecule is CCCCn1c(C)c(C(C)C)oc1=O. The van der Waals surface area contributed by atoms with E-state index in [2.05, 4.69) is 6.92 Å². The largest absolute Gasteiger partial charge is 0.419 e. The lowest BCUT2D eigenvalue weighted by atomic mass is 10.1. The first kappa shape index (κ1) is 11.1. The van der Waals surface area contributed by atoms with E-state index in [1.54, 1.807) is 4.57 Å². The second kappa shape index (κ2) is 4.49. The van der Waals surface area contributed by atoms with E-state index in [-0.39, 0.29) is 11.7 Å². The molecule has 0 amide bonds. The number of rotatable bonds is 4. The molecule has 14 heavy (non-hydrogen) atoms. The van der Waals surface area contributed by atoms with Gasteiger partial charge in [0.05, 0.1) is 5.69 Å². The Hall–Kier alpha value is -0.990. The van der Waals surface area contributed by atoms with Crippen LogP contribution in [0.4, 0.5) is 0 Å². The summed E-state index contributed by atoms with van der Waals surface area (Å²) in [6.07, 6.45) is 2.12. The van der Waals surface area contributed by atoms with E-state index in [1.807, 2.05) is 20.8 Å². The van der Waals surface area contributed by atoms with Gasteiger partial charge in [0.25, 0.3) is 0 Å². The first-order valence-electron chi connectivity index (χ1n) is 5.28. The van der Waals surface area contributed by atoms with Crippen LogP contribution in [0.5, 0.6) is 0 Å². The van der Waals surface area contributed by atoms with E-state index in [1.165, 1.54) is 0 Å². The van der Waals surface area contributed by atoms with Gasteiger partial charge in [-0.3, -0.25) is 4.57 Å². The molecule has 1 rings (SSSR count). The van der Waals surface area contributed by atoms with Crippen molar-refractivity contribution in [2.24, 2.45) is 0 Å². The molecule has 0 aliphatic rings. The Labute approximate surface area is 84.7 Å². The molecule has 0 fully saturated rings. The van der Waals surface area contributed by atoms with Crippen molar-refractivity contribution in [3.63, 3.8) is 0 Å². The molecule has 3 heteroatoms. The first-order chi connectivity index (χ1) is 6.57. The summed E-state index contributed by atoms with van der Waals surface area (Å²) >= 11 is 0. The highest BCUT2D eigenvalue weighted by Crippen LogP contribution is 2.17. The zero-order chi connectivity index (χ0) is 10.7. The van der Waals surface area contributed by atoms with E-state index >= 15 is 0 Å². The van der Waals surface area contributed by atoms with Crippen LogP contribution in [0.1, 0.15) is 51.0 Å². The Morgan fingerprint density at radius 3 is 2.50 bits per heavy atom. The summed E-state index contributed by atoms with van der Waals surface area (Å²) in [5.74, 6) is 0.899. The molecule has 0 aliphatic heterocycles. The van der Waals surface area contributed by atoms with Gasteiger partial charge in [0.1, 0.15) is 5.76 Å². The lowest BCUT2D eigenvalue weighted by Gasteiger charge is -2.03. The van der Waals surface area contributed by atoms with Gasteiger partial charge in [-0.05, 0) is 13.3 Å². The summed E-state index contributed by atoms with van der Waals surface area (Å²) < 4.78 is 6.95. The summed E-state index contributed by atoms with van der Waals surface area (Å²) in [7, 11) is 0. The molecule has 0 spiro atoms. The molecule has 0 aliphatic carbocycles. The third kappa shape index (κ3) is 2.08. The molecule has 0 unspecified atom stereocenters. The predicted molar refractivity (Wildman–Crippen MR) is 56.7 cm³/mol. The van der Waals surface area contributed by atoms with E-state index in [0.29, 0.717) is 0 Å². The highest BCUT2D eigenvalue weighted by Gasteiger charge is 2.14. The number of hydrogen-bond donors (Lipinski definition) is 0. The van der Waals surface area contributed by atoms with Crippen LogP contribution in [0.15, 0.2) is 9.21 Å². The first-order valence-corrected chi connectivity index (χ1v) is 5.28. The highest BCUT2D eigenvalue weighted by atomic mass is 16.4. The van der Waals surface area contributed by atoms with Crippen LogP contribution in [-0.2, 0) is 6.54 Å². The normalized spacial score (nSPS) is 11.2. The van der Waals surface area contributed by atoms with Gasteiger partial charge in [-0.1, -0.05) is 27.2 Å². The third-order valence-electron chi connectivity index (χ3n) is 2.44. The van der Waals surface area contributed by atoms with Crippen molar-refractivity contribution in [1.82, 2.24) is 4.57 Å². The molecule has 0 radical (unpaired) electrons. The Balaban J connectivity index is 2.99. The molecule has 0 atom stereocenters. The zero-order valence-electron chi connectivity index (χ0n) is 9.46. The Kier molecular flexibility index (Phi) is 3.55. The fourth-order valence-electron chi connectivity index (χ4n) is 1.60. The number of hydrogen-bond acceptors (Lipinski definition) is 2. The topological polar surface area (TPSA) is 35.1 Å². The van der Waals surface area contributed by atoms with Crippen LogP contribution >= 0.6 is 0 Å². The minimum absolute atomic E-state index is 0.209. The van der Waals surface area contributed by atoms with Crippen LogP contribution in [0.2, 0.25) is 0 Å². The van der Waals surface area contributed by atoms with Gasteiger partial charge in [-0.2, -0.15) is 0 Å². The molecule has 0 N–H and O–H groups in total. The molecular formula is C11H19NO2. The predicted octanol–water partition coefficient (Wildman–Crippen LogP) is 2.67. The van der Waals surface area contributed by atoms with E-state index in [9.17, 15) is 4.79 Å². The van der Waals surface area contributed by atoms with Gasteiger partial charge in [-0.15, -0.1) is 0 Å². The molecule has 0 bridgehead atoms. The average molecular weight is 197 g/mol. The quantitative estimate of drug-likeness (QED) is 0.743. The van der Waals surface area contributed by atoms with Crippen LogP contribution in [-0.4, -0.2) is 4.57 Å². The fraction of sp³-hybridized carbons (Fsp3) is 0.727. The molecule has 3 nitrogen and oxygen atoms in total. The zero-order valence-corrected chi connectivity index (χ0v) is 9.46. The van der Waals surface area contributed by atoms with E-state index in [0.717, 1.165) is 30.8 Å². The van der Waals surface area contributed by atoms with Crippen LogP contribution in [0.25, 0.3) is 0 Å². The van der Waals surface area contributed by atoms with Crippen LogP contribution in [0.3, 0.4) is 0 Å². The monoisotopic (exact) mass is 197 g/mol. The summed E-state index contributed by atoms with van der Waals surface area (Å²) in [6.45, 7) is 8.92. The lowest BCUT2D eigenvalue weighted by Crippen LogP contribution is -2.15. The molecule has 1 aromatic rings. The molecule has 1 aromatic heterocycles. The van der Waals surface area contributed by atoms with Crippen molar-refractivity contribution in [3.05, 3.63) is 22.0 Å². The maximum Gasteiger partial charge on any atom is 0.419 e. The maximum atomic E-state index is 11.5. The van der Waals surface area contributed by atoms with Gasteiger partial charge in [0, 0.05) is 12.5 Å². The Bertz CT molecular complexity index is 347. The summed E-state index contributed by atoms with van der Waals surface area (Å²) in [5.41, 5.74) is 0.985. The van der Waals surface area contributed by atoms with Crippen LogP contribution in [0, 0.1) is 6.92 Å². The van der Waals surface area contributed by atoms with Crippen molar-refractivity contribution in [1.29, 1.82) is 0 Å². The van der Waals surface area contributed by atoms with Gasteiger partial charge >= 0.3 is 5.76 Å². The Morgan fingerprint density at radius 2 is 2.07 bits per heavy atom. The fourth-order valence-corrected chi connectivity index (χ4v) is 1.60. The molecule has 80 valence electrons. The van der Waals surface area contributed by atoms with Crippen molar-refractivity contribution in [2.45, 2.75) is 53.0 Å². The lowest BCUT2D eigenvalue weighted by molar-refractivity contribution is 0.429. The van der Waals surface area contributed by atoms with Gasteiger partial charge in [-0.25, -0.2) is 4.79 Å². The minimum atomic E-state index is -0.209. The van der Waals surface area contributed by atoms with Crippen molar-refractivity contribution in [3.8, 4) is 0 Å². The van der Waals surface area contributed by atoms with Crippen molar-refractivity contribution < 1.29 is 4.42 Å². The second-order valence-electron chi connectivity index (χ2n) is 3.98. The molecule has 0 aromatic carbocycles. The smallest absolute Gasteiger partial charge is 0.412 e. The number of nitrogens with zero attached hydrogens (tertiary/aromatic N) is 1. The summed E-state index contributed by atoms with van der Waals surface area (Å²) in [6, 6.07) is 0. The minimum Gasteiger partial charge on any atom is -0.412 e. The van der Waals surface area contributed by atoms with Gasteiger partial charge in [0.15, 0.2) is 0 Å². The van der Waals surface area contributed by atoms with E-state index in [4.69, 9.17) is 4.42 Å². The third-order valence-corrected chi connectivity index (χ3v) is 2.44. The standard InChI is InChI=1S/C11H19NO2/c1-5-6-7-12-9(4)10(8(2)3)14-11(12)13/h8H,5-7H2,1-4H3. The highest BCUT2D eigenvalue weighted by molar-refractivity contribution is 5.10. The van der Waals surface area contributed by atoms with Crippen LogP contribution < -0.4 is 5.76 Å². The van der Waals surface area contributed by atoms with Gasteiger partial charge in [0.2, 0.25) is 0 Å².